The number of aliphatic hydroxyl groups excluding tert-OH is 1. The summed E-state index contributed by atoms with van der Waals surface area (Å²) in [4.78, 5) is 0. The molecule has 1 nitrogen and oxygen atoms in total. The van der Waals surface area contributed by atoms with Crippen LogP contribution in [0.25, 0.3) is 0 Å². The Balaban J connectivity index is 2.74. The average Bonchev–Trinajstić information content (AvgIpc) is 2.51. The summed E-state index contributed by atoms with van der Waals surface area (Å²) in [6.45, 7) is 8.58. The highest BCUT2D eigenvalue weighted by atomic mass is 32.1. The van der Waals surface area contributed by atoms with Crippen molar-refractivity contribution in [2.75, 3.05) is 0 Å². The first-order chi connectivity index (χ1) is 5.93. The molecule has 0 fully saturated rings. The van der Waals surface area contributed by atoms with Crippen LogP contribution in [0.1, 0.15) is 39.4 Å². The number of hydrogen-bond donors (Lipinski definition) is 1. The number of thiophene rings is 1. The molecule has 2 unspecified atom stereocenters. The second kappa shape index (κ2) is 3.81. The lowest BCUT2D eigenvalue weighted by molar-refractivity contribution is 0.0538. The van der Waals surface area contributed by atoms with E-state index in [1.54, 1.807) is 11.3 Å². The fraction of sp³-hybridized carbons (Fsp3) is 0.636. The van der Waals surface area contributed by atoms with Crippen LogP contribution in [-0.4, -0.2) is 5.11 Å². The van der Waals surface area contributed by atoms with Crippen molar-refractivity contribution in [3.63, 3.8) is 0 Å². The molecule has 0 saturated heterocycles. The SMILES string of the molecule is CC(C(O)c1ccsc1)C(C)(C)C. The molecule has 0 radical (unpaired) electrons. The maximum absolute atomic E-state index is 10.0. The van der Waals surface area contributed by atoms with E-state index in [0.717, 1.165) is 5.56 Å². The molecular formula is C11H18OS. The largest absolute Gasteiger partial charge is 0.388 e. The molecule has 0 amide bonds. The molecule has 0 saturated carbocycles. The van der Waals surface area contributed by atoms with Gasteiger partial charge in [0.25, 0.3) is 0 Å². The van der Waals surface area contributed by atoms with Crippen LogP contribution in [0, 0.1) is 11.3 Å². The molecule has 1 heterocycles. The smallest absolute Gasteiger partial charge is 0.0828 e. The monoisotopic (exact) mass is 198 g/mol. The van der Waals surface area contributed by atoms with Gasteiger partial charge in [-0.15, -0.1) is 0 Å². The average molecular weight is 198 g/mol. The Morgan fingerprint density at radius 2 is 2.00 bits per heavy atom. The van der Waals surface area contributed by atoms with Gasteiger partial charge in [0.15, 0.2) is 0 Å². The summed E-state index contributed by atoms with van der Waals surface area (Å²) in [5.41, 5.74) is 1.20. The predicted molar refractivity (Wildman–Crippen MR) is 57.9 cm³/mol. The summed E-state index contributed by atoms with van der Waals surface area (Å²) in [5, 5.41) is 14.0. The Kier molecular flexibility index (Phi) is 3.14. The Morgan fingerprint density at radius 3 is 2.38 bits per heavy atom. The van der Waals surface area contributed by atoms with E-state index in [4.69, 9.17) is 0 Å². The summed E-state index contributed by atoms with van der Waals surface area (Å²) in [5.74, 6) is 0.280. The maximum Gasteiger partial charge on any atom is 0.0828 e. The molecule has 0 aromatic carbocycles. The molecular weight excluding hydrogens is 180 g/mol. The maximum atomic E-state index is 10.0. The molecule has 1 aromatic rings. The van der Waals surface area contributed by atoms with Gasteiger partial charge < -0.3 is 5.11 Å². The molecule has 1 N–H and O–H groups in total. The second-order valence-corrected chi connectivity index (χ2v) is 5.44. The topological polar surface area (TPSA) is 20.2 Å². The Labute approximate surface area is 84.4 Å². The zero-order valence-corrected chi connectivity index (χ0v) is 9.56. The van der Waals surface area contributed by atoms with Gasteiger partial charge in [0.1, 0.15) is 0 Å². The normalized spacial score (nSPS) is 17.0. The third kappa shape index (κ3) is 2.55. The molecule has 74 valence electrons. The highest BCUT2D eigenvalue weighted by molar-refractivity contribution is 7.07. The predicted octanol–water partition coefficient (Wildman–Crippen LogP) is 3.46. The van der Waals surface area contributed by atoms with Crippen molar-refractivity contribution in [1.29, 1.82) is 0 Å². The first-order valence-corrected chi connectivity index (χ1v) is 5.57. The van der Waals surface area contributed by atoms with E-state index < -0.39 is 0 Å². The number of rotatable bonds is 2. The summed E-state index contributed by atoms with van der Waals surface area (Å²) in [6, 6.07) is 2.00. The van der Waals surface area contributed by atoms with E-state index in [1.165, 1.54) is 0 Å². The van der Waals surface area contributed by atoms with Crippen molar-refractivity contribution < 1.29 is 5.11 Å². The van der Waals surface area contributed by atoms with Crippen molar-refractivity contribution >= 4 is 11.3 Å². The highest BCUT2D eigenvalue weighted by Gasteiger charge is 2.27. The summed E-state index contributed by atoms with van der Waals surface area (Å²) in [7, 11) is 0. The van der Waals surface area contributed by atoms with Crippen molar-refractivity contribution in [1.82, 2.24) is 0 Å². The molecule has 2 heteroatoms. The van der Waals surface area contributed by atoms with Crippen molar-refractivity contribution in [3.05, 3.63) is 22.4 Å². The Morgan fingerprint density at radius 1 is 1.38 bits per heavy atom. The van der Waals surface area contributed by atoms with E-state index in [9.17, 15) is 5.11 Å². The second-order valence-electron chi connectivity index (χ2n) is 4.66. The summed E-state index contributed by atoms with van der Waals surface area (Å²) >= 11 is 1.64. The minimum Gasteiger partial charge on any atom is -0.388 e. The molecule has 1 aromatic heterocycles. The molecule has 2 atom stereocenters. The number of hydrogen-bond acceptors (Lipinski definition) is 2. The van der Waals surface area contributed by atoms with E-state index >= 15 is 0 Å². The van der Waals surface area contributed by atoms with Gasteiger partial charge in [0.05, 0.1) is 6.10 Å². The van der Waals surface area contributed by atoms with Gasteiger partial charge in [-0.05, 0) is 33.7 Å². The van der Waals surface area contributed by atoms with E-state index in [-0.39, 0.29) is 17.4 Å². The minimum atomic E-state index is -0.328. The molecule has 0 aliphatic carbocycles. The quantitative estimate of drug-likeness (QED) is 0.771. The summed E-state index contributed by atoms with van der Waals surface area (Å²) < 4.78 is 0. The fourth-order valence-electron chi connectivity index (χ4n) is 1.21. The zero-order chi connectivity index (χ0) is 10.1. The van der Waals surface area contributed by atoms with E-state index in [0.29, 0.717) is 0 Å². The van der Waals surface area contributed by atoms with Crippen molar-refractivity contribution in [2.45, 2.75) is 33.8 Å². The van der Waals surface area contributed by atoms with Crippen LogP contribution in [-0.2, 0) is 0 Å². The van der Waals surface area contributed by atoms with Crippen molar-refractivity contribution in [3.8, 4) is 0 Å². The molecule has 13 heavy (non-hydrogen) atoms. The Hall–Kier alpha value is -0.340. The van der Waals surface area contributed by atoms with Crippen LogP contribution < -0.4 is 0 Å². The van der Waals surface area contributed by atoms with Crippen LogP contribution in [0.3, 0.4) is 0 Å². The van der Waals surface area contributed by atoms with Crippen LogP contribution in [0.4, 0.5) is 0 Å². The standard InChI is InChI=1S/C11H18OS/c1-8(11(2,3)4)10(12)9-5-6-13-7-9/h5-8,10,12H,1-4H3. The van der Waals surface area contributed by atoms with Gasteiger partial charge >= 0.3 is 0 Å². The fourth-order valence-corrected chi connectivity index (χ4v) is 1.89. The molecule has 0 aliphatic rings. The Bertz CT molecular complexity index is 246. The van der Waals surface area contributed by atoms with Gasteiger partial charge in [-0.3, -0.25) is 0 Å². The van der Waals surface area contributed by atoms with Gasteiger partial charge in [-0.2, -0.15) is 11.3 Å². The summed E-state index contributed by atoms with van der Waals surface area (Å²) in [6.07, 6.45) is -0.328. The van der Waals surface area contributed by atoms with Gasteiger partial charge in [0, 0.05) is 0 Å². The van der Waals surface area contributed by atoms with E-state index in [1.807, 2.05) is 16.8 Å². The molecule has 0 spiro atoms. The van der Waals surface area contributed by atoms with Crippen LogP contribution >= 0.6 is 11.3 Å². The molecule has 0 aliphatic heterocycles. The zero-order valence-electron chi connectivity index (χ0n) is 8.74. The number of aliphatic hydroxyl groups is 1. The third-order valence-corrected chi connectivity index (χ3v) is 3.43. The van der Waals surface area contributed by atoms with Crippen LogP contribution in [0.2, 0.25) is 0 Å². The minimum absolute atomic E-state index is 0.154. The van der Waals surface area contributed by atoms with Crippen LogP contribution in [0.15, 0.2) is 16.8 Å². The lowest BCUT2D eigenvalue weighted by atomic mass is 9.77. The lowest BCUT2D eigenvalue weighted by Crippen LogP contribution is -2.23. The van der Waals surface area contributed by atoms with Gasteiger partial charge in [-0.1, -0.05) is 27.7 Å². The van der Waals surface area contributed by atoms with E-state index in [2.05, 4.69) is 27.7 Å². The van der Waals surface area contributed by atoms with Crippen molar-refractivity contribution in [2.24, 2.45) is 11.3 Å². The first kappa shape index (κ1) is 10.7. The van der Waals surface area contributed by atoms with Gasteiger partial charge in [0.2, 0.25) is 0 Å². The molecule has 1 rings (SSSR count). The first-order valence-electron chi connectivity index (χ1n) is 4.63. The third-order valence-electron chi connectivity index (χ3n) is 2.72. The molecule has 0 bridgehead atoms. The highest BCUT2D eigenvalue weighted by Crippen LogP contribution is 2.36. The van der Waals surface area contributed by atoms with Gasteiger partial charge in [-0.25, -0.2) is 0 Å². The lowest BCUT2D eigenvalue weighted by Gasteiger charge is -2.31. The van der Waals surface area contributed by atoms with Crippen LogP contribution in [0.5, 0.6) is 0 Å².